The first-order chi connectivity index (χ1) is 12.6. The minimum atomic E-state index is -0.979. The van der Waals surface area contributed by atoms with Crippen molar-refractivity contribution in [1.29, 1.82) is 0 Å². The molecule has 0 amide bonds. The molecule has 8 nitrogen and oxygen atoms in total. The van der Waals surface area contributed by atoms with E-state index in [9.17, 15) is 4.79 Å². The first-order valence-electron chi connectivity index (χ1n) is 7.64. The van der Waals surface area contributed by atoms with Crippen LogP contribution in [0.1, 0.15) is 10.4 Å². The standard InChI is InChI=1S/C18H17N3O5/c1-24-15-8-13(9-16(25-2)17(15)26-3)21-14(10-19-20-21)11-4-6-12(7-5-11)18(22)23/h4-10H,1-3H3,(H,22,23). The maximum atomic E-state index is 11.0. The molecule has 0 aliphatic carbocycles. The van der Waals surface area contributed by atoms with E-state index in [1.165, 1.54) is 33.5 Å². The molecule has 8 heteroatoms. The number of ether oxygens (including phenoxy) is 3. The van der Waals surface area contributed by atoms with Crippen molar-refractivity contribution in [1.82, 2.24) is 15.0 Å². The average molecular weight is 355 g/mol. The van der Waals surface area contributed by atoms with Crippen LogP contribution in [0.2, 0.25) is 0 Å². The van der Waals surface area contributed by atoms with Gasteiger partial charge in [-0.25, -0.2) is 9.48 Å². The zero-order valence-corrected chi connectivity index (χ0v) is 14.5. The number of rotatable bonds is 6. The number of carboxylic acids is 1. The summed E-state index contributed by atoms with van der Waals surface area (Å²) in [5.74, 6) is 0.480. The summed E-state index contributed by atoms with van der Waals surface area (Å²) in [6.07, 6.45) is 1.60. The van der Waals surface area contributed by atoms with E-state index in [1.54, 1.807) is 35.1 Å². The van der Waals surface area contributed by atoms with Crippen molar-refractivity contribution in [2.75, 3.05) is 21.3 Å². The number of benzene rings is 2. The normalized spacial score (nSPS) is 10.4. The number of aromatic carboxylic acids is 1. The lowest BCUT2D eigenvalue weighted by molar-refractivity contribution is 0.0697. The SMILES string of the molecule is COc1cc(-n2nncc2-c2ccc(C(=O)O)cc2)cc(OC)c1OC. The summed E-state index contributed by atoms with van der Waals surface area (Å²) in [4.78, 5) is 11.0. The predicted octanol–water partition coefficient (Wildman–Crippen LogP) is 2.66. The Bertz CT molecular complexity index is 909. The van der Waals surface area contributed by atoms with Crippen LogP contribution in [-0.2, 0) is 0 Å². The molecule has 0 fully saturated rings. The van der Waals surface area contributed by atoms with Crippen LogP contribution in [0.5, 0.6) is 17.2 Å². The van der Waals surface area contributed by atoms with Gasteiger partial charge in [-0.1, -0.05) is 17.3 Å². The Morgan fingerprint density at radius 2 is 1.62 bits per heavy atom. The topological polar surface area (TPSA) is 95.7 Å². The van der Waals surface area contributed by atoms with Gasteiger partial charge >= 0.3 is 5.97 Å². The molecule has 0 atom stereocenters. The van der Waals surface area contributed by atoms with Gasteiger partial charge in [0.25, 0.3) is 0 Å². The van der Waals surface area contributed by atoms with Gasteiger partial charge in [0.2, 0.25) is 5.75 Å². The highest BCUT2D eigenvalue weighted by Gasteiger charge is 2.17. The Balaban J connectivity index is 2.09. The van der Waals surface area contributed by atoms with Crippen LogP contribution in [0.15, 0.2) is 42.6 Å². The maximum absolute atomic E-state index is 11.0. The number of carbonyl (C=O) groups is 1. The highest BCUT2D eigenvalue weighted by Crippen LogP contribution is 2.39. The molecular weight excluding hydrogens is 338 g/mol. The van der Waals surface area contributed by atoms with Gasteiger partial charge in [0.05, 0.1) is 44.5 Å². The first kappa shape index (κ1) is 17.3. The van der Waals surface area contributed by atoms with E-state index in [0.717, 1.165) is 5.56 Å². The Morgan fingerprint density at radius 3 is 2.12 bits per heavy atom. The Labute approximate surface area is 149 Å². The van der Waals surface area contributed by atoms with Crippen LogP contribution in [0.25, 0.3) is 16.9 Å². The lowest BCUT2D eigenvalue weighted by Gasteiger charge is -2.15. The van der Waals surface area contributed by atoms with Gasteiger partial charge in [-0.2, -0.15) is 0 Å². The van der Waals surface area contributed by atoms with Crippen LogP contribution in [0, 0.1) is 0 Å². The predicted molar refractivity (Wildman–Crippen MR) is 93.4 cm³/mol. The van der Waals surface area contributed by atoms with Gasteiger partial charge in [0.15, 0.2) is 11.5 Å². The summed E-state index contributed by atoms with van der Waals surface area (Å²) in [5, 5.41) is 17.1. The molecule has 26 heavy (non-hydrogen) atoms. The van der Waals surface area contributed by atoms with Gasteiger partial charge in [0, 0.05) is 17.7 Å². The summed E-state index contributed by atoms with van der Waals surface area (Å²) >= 11 is 0. The van der Waals surface area contributed by atoms with Crippen LogP contribution in [-0.4, -0.2) is 47.4 Å². The number of hydrogen-bond donors (Lipinski definition) is 1. The summed E-state index contributed by atoms with van der Waals surface area (Å²) in [7, 11) is 4.60. The second-order valence-electron chi connectivity index (χ2n) is 5.30. The fourth-order valence-corrected chi connectivity index (χ4v) is 2.60. The number of nitrogens with zero attached hydrogens (tertiary/aromatic N) is 3. The molecule has 0 aliphatic rings. The lowest BCUT2D eigenvalue weighted by Crippen LogP contribution is -2.03. The van der Waals surface area contributed by atoms with E-state index in [2.05, 4.69) is 10.3 Å². The van der Waals surface area contributed by atoms with Crippen molar-refractivity contribution in [3.63, 3.8) is 0 Å². The third-order valence-electron chi connectivity index (χ3n) is 3.87. The Hall–Kier alpha value is -3.55. The molecule has 0 unspecified atom stereocenters. The van der Waals surface area contributed by atoms with Gasteiger partial charge in [-0.3, -0.25) is 0 Å². The zero-order valence-electron chi connectivity index (χ0n) is 14.5. The van der Waals surface area contributed by atoms with E-state index in [0.29, 0.717) is 28.6 Å². The van der Waals surface area contributed by atoms with Crippen molar-refractivity contribution < 1.29 is 24.1 Å². The fraction of sp³-hybridized carbons (Fsp3) is 0.167. The monoisotopic (exact) mass is 355 g/mol. The van der Waals surface area contributed by atoms with Crippen LogP contribution >= 0.6 is 0 Å². The average Bonchev–Trinajstić information content (AvgIpc) is 3.16. The van der Waals surface area contributed by atoms with E-state index in [-0.39, 0.29) is 5.56 Å². The Kier molecular flexibility index (Phi) is 4.74. The second kappa shape index (κ2) is 7.14. The summed E-state index contributed by atoms with van der Waals surface area (Å²) < 4.78 is 17.7. The molecule has 3 rings (SSSR count). The molecule has 0 radical (unpaired) electrons. The highest BCUT2D eigenvalue weighted by atomic mass is 16.5. The third-order valence-corrected chi connectivity index (χ3v) is 3.87. The molecule has 1 N–H and O–H groups in total. The lowest BCUT2D eigenvalue weighted by atomic mass is 10.1. The summed E-state index contributed by atoms with van der Waals surface area (Å²) in [6.45, 7) is 0. The number of methoxy groups -OCH3 is 3. The smallest absolute Gasteiger partial charge is 0.335 e. The number of hydrogen-bond acceptors (Lipinski definition) is 6. The van der Waals surface area contributed by atoms with Crippen molar-refractivity contribution in [3.05, 3.63) is 48.2 Å². The molecule has 1 aromatic heterocycles. The number of aromatic nitrogens is 3. The molecule has 0 bridgehead atoms. The minimum Gasteiger partial charge on any atom is -0.493 e. The molecule has 0 aliphatic heterocycles. The Morgan fingerprint density at radius 1 is 1.00 bits per heavy atom. The quantitative estimate of drug-likeness (QED) is 0.726. The minimum absolute atomic E-state index is 0.209. The van der Waals surface area contributed by atoms with Gasteiger partial charge in [0.1, 0.15) is 0 Å². The van der Waals surface area contributed by atoms with Crippen LogP contribution in [0.4, 0.5) is 0 Å². The third kappa shape index (κ3) is 3.04. The van der Waals surface area contributed by atoms with Gasteiger partial charge in [-0.05, 0) is 12.1 Å². The van der Waals surface area contributed by atoms with Crippen molar-refractivity contribution in [2.45, 2.75) is 0 Å². The molecule has 0 saturated heterocycles. The number of carboxylic acid groups (broad SMARTS) is 1. The van der Waals surface area contributed by atoms with E-state index in [1.807, 2.05) is 0 Å². The van der Waals surface area contributed by atoms with Crippen molar-refractivity contribution >= 4 is 5.97 Å². The van der Waals surface area contributed by atoms with Crippen LogP contribution < -0.4 is 14.2 Å². The summed E-state index contributed by atoms with van der Waals surface area (Å²) in [6, 6.07) is 9.98. The second-order valence-corrected chi connectivity index (χ2v) is 5.30. The first-order valence-corrected chi connectivity index (χ1v) is 7.64. The fourth-order valence-electron chi connectivity index (χ4n) is 2.60. The van der Waals surface area contributed by atoms with E-state index >= 15 is 0 Å². The van der Waals surface area contributed by atoms with E-state index < -0.39 is 5.97 Å². The molecule has 134 valence electrons. The maximum Gasteiger partial charge on any atom is 0.335 e. The van der Waals surface area contributed by atoms with Gasteiger partial charge < -0.3 is 19.3 Å². The van der Waals surface area contributed by atoms with Crippen LogP contribution in [0.3, 0.4) is 0 Å². The summed E-state index contributed by atoms with van der Waals surface area (Å²) in [5.41, 5.74) is 2.33. The highest BCUT2D eigenvalue weighted by molar-refractivity contribution is 5.88. The van der Waals surface area contributed by atoms with Crippen molar-refractivity contribution in [2.24, 2.45) is 0 Å². The molecule has 0 spiro atoms. The molecule has 0 saturated carbocycles. The molecule has 1 heterocycles. The zero-order chi connectivity index (χ0) is 18.7. The molecule has 2 aromatic carbocycles. The molecular formula is C18H17N3O5. The largest absolute Gasteiger partial charge is 0.493 e. The van der Waals surface area contributed by atoms with E-state index in [4.69, 9.17) is 19.3 Å². The van der Waals surface area contributed by atoms with Gasteiger partial charge in [-0.15, -0.1) is 5.10 Å². The van der Waals surface area contributed by atoms with Crippen molar-refractivity contribution in [3.8, 4) is 34.2 Å². The molecule has 3 aromatic rings.